The highest BCUT2D eigenvalue weighted by Gasteiger charge is 2.26. The third-order valence-corrected chi connectivity index (χ3v) is 3.48. The zero-order chi connectivity index (χ0) is 17.7. The topological polar surface area (TPSA) is 61.2 Å². The number of Topliss-reactive ketones (excluding diaryl/α,β-unsaturated/α-hetero) is 1. The van der Waals surface area contributed by atoms with Gasteiger partial charge in [0, 0.05) is 18.7 Å². The Hall–Kier alpha value is -2.57. The molecule has 2 aromatic rings. The summed E-state index contributed by atoms with van der Waals surface area (Å²) in [6, 6.07) is 1.90. The van der Waals surface area contributed by atoms with Gasteiger partial charge >= 0.3 is 5.97 Å². The van der Waals surface area contributed by atoms with Gasteiger partial charge in [-0.1, -0.05) is 0 Å². The van der Waals surface area contributed by atoms with Crippen LogP contribution in [-0.4, -0.2) is 28.1 Å². The predicted octanol–water partition coefficient (Wildman–Crippen LogP) is 3.24. The van der Waals surface area contributed by atoms with Crippen molar-refractivity contribution >= 4 is 11.8 Å². The van der Waals surface area contributed by atoms with Crippen molar-refractivity contribution in [2.45, 2.75) is 32.7 Å². The van der Waals surface area contributed by atoms with Crippen LogP contribution in [0.25, 0.3) is 0 Å². The molecule has 0 amide bonds. The molecule has 0 bridgehead atoms. The summed E-state index contributed by atoms with van der Waals surface area (Å²) in [6.07, 6.45) is 3.29. The van der Waals surface area contributed by atoms with Gasteiger partial charge < -0.3 is 4.74 Å². The van der Waals surface area contributed by atoms with E-state index in [1.807, 2.05) is 0 Å². The minimum absolute atomic E-state index is 0.00797. The van der Waals surface area contributed by atoms with E-state index in [2.05, 4.69) is 5.10 Å². The van der Waals surface area contributed by atoms with Crippen LogP contribution >= 0.6 is 0 Å². The van der Waals surface area contributed by atoms with Crippen LogP contribution < -0.4 is 0 Å². The summed E-state index contributed by atoms with van der Waals surface area (Å²) in [7, 11) is 0. The number of hydrogen-bond donors (Lipinski definition) is 0. The molecule has 1 aromatic carbocycles. The first-order valence-electron chi connectivity index (χ1n) is 7.58. The lowest BCUT2D eigenvalue weighted by molar-refractivity contribution is -0.143. The van der Waals surface area contributed by atoms with Crippen LogP contribution in [0.2, 0.25) is 0 Å². The highest BCUT2D eigenvalue weighted by atomic mass is 19.1. The molecule has 128 valence electrons. The van der Waals surface area contributed by atoms with E-state index >= 15 is 0 Å². The van der Waals surface area contributed by atoms with E-state index in [0.717, 1.165) is 17.7 Å². The predicted molar refractivity (Wildman–Crippen MR) is 82.6 cm³/mol. The molecule has 0 fully saturated rings. The second-order valence-corrected chi connectivity index (χ2v) is 5.35. The van der Waals surface area contributed by atoms with Gasteiger partial charge in [0.1, 0.15) is 17.7 Å². The van der Waals surface area contributed by atoms with Crippen LogP contribution in [0, 0.1) is 18.6 Å². The number of aryl methyl sites for hydroxylation is 1. The van der Waals surface area contributed by atoms with Crippen molar-refractivity contribution in [2.24, 2.45) is 0 Å². The van der Waals surface area contributed by atoms with E-state index in [1.165, 1.54) is 4.68 Å². The molecule has 0 aliphatic heterocycles. The molecule has 24 heavy (non-hydrogen) atoms. The summed E-state index contributed by atoms with van der Waals surface area (Å²) in [5.41, 5.74) is 0.585. The number of halogens is 2. The van der Waals surface area contributed by atoms with Crippen molar-refractivity contribution in [3.63, 3.8) is 0 Å². The van der Waals surface area contributed by atoms with Gasteiger partial charge in [-0.15, -0.1) is 0 Å². The molecule has 1 unspecified atom stereocenters. The van der Waals surface area contributed by atoms with E-state index in [4.69, 9.17) is 4.74 Å². The highest BCUT2D eigenvalue weighted by molar-refractivity contribution is 5.99. The van der Waals surface area contributed by atoms with Crippen LogP contribution in [0.1, 0.15) is 41.7 Å². The summed E-state index contributed by atoms with van der Waals surface area (Å²) in [6.45, 7) is 3.73. The first kappa shape index (κ1) is 17.8. The van der Waals surface area contributed by atoms with Gasteiger partial charge in [0.15, 0.2) is 5.78 Å². The van der Waals surface area contributed by atoms with Gasteiger partial charge in [0.25, 0.3) is 0 Å². The number of carbonyl (C=O) groups is 2. The number of benzene rings is 1. The first-order chi connectivity index (χ1) is 11.4. The molecule has 7 heteroatoms. The van der Waals surface area contributed by atoms with Gasteiger partial charge in [-0.3, -0.25) is 14.3 Å². The number of hydrogen-bond acceptors (Lipinski definition) is 4. The fourth-order valence-electron chi connectivity index (χ4n) is 2.34. The Morgan fingerprint density at radius 2 is 2.08 bits per heavy atom. The van der Waals surface area contributed by atoms with E-state index < -0.39 is 29.4 Å². The van der Waals surface area contributed by atoms with E-state index in [9.17, 15) is 18.4 Å². The third-order valence-electron chi connectivity index (χ3n) is 3.48. The second kappa shape index (κ2) is 7.81. The normalized spacial score (nSPS) is 12.0. The van der Waals surface area contributed by atoms with Crippen LogP contribution in [0.15, 0.2) is 30.6 Å². The smallest absolute Gasteiger partial charge is 0.305 e. The molecule has 0 spiro atoms. The fourth-order valence-corrected chi connectivity index (χ4v) is 2.34. The lowest BCUT2D eigenvalue weighted by Gasteiger charge is -2.16. The largest absolute Gasteiger partial charge is 0.466 e. The standard InChI is InChI=1S/C17H18F2N2O3/c1-3-24-16(22)7-6-15(21-10-11(2)9-20-21)17(23)13-5-4-12(18)8-14(13)19/h4-5,8-10,15H,3,6-7H2,1-2H3. The average molecular weight is 336 g/mol. The summed E-state index contributed by atoms with van der Waals surface area (Å²) in [4.78, 5) is 24.2. The molecule has 1 atom stereocenters. The first-order valence-corrected chi connectivity index (χ1v) is 7.58. The van der Waals surface area contributed by atoms with E-state index in [1.54, 1.807) is 26.2 Å². The molecular formula is C17H18F2N2O3. The van der Waals surface area contributed by atoms with Crippen LogP contribution in [0.4, 0.5) is 8.78 Å². The number of aromatic nitrogens is 2. The Morgan fingerprint density at radius 3 is 2.67 bits per heavy atom. The Kier molecular flexibility index (Phi) is 5.78. The maximum atomic E-state index is 13.9. The maximum Gasteiger partial charge on any atom is 0.305 e. The number of carbonyl (C=O) groups excluding carboxylic acids is 2. The van der Waals surface area contributed by atoms with Crippen molar-refractivity contribution in [2.75, 3.05) is 6.61 Å². The monoisotopic (exact) mass is 336 g/mol. The average Bonchev–Trinajstić information content (AvgIpc) is 2.94. The SMILES string of the molecule is CCOC(=O)CCC(C(=O)c1ccc(F)cc1F)n1cc(C)cn1. The number of rotatable bonds is 7. The lowest BCUT2D eigenvalue weighted by atomic mass is 9.99. The van der Waals surface area contributed by atoms with Crippen molar-refractivity contribution in [1.29, 1.82) is 0 Å². The van der Waals surface area contributed by atoms with Crippen molar-refractivity contribution in [3.8, 4) is 0 Å². The van der Waals surface area contributed by atoms with E-state index in [0.29, 0.717) is 6.07 Å². The number of ketones is 1. The van der Waals surface area contributed by atoms with Gasteiger partial charge in [-0.2, -0.15) is 5.10 Å². The summed E-state index contributed by atoms with van der Waals surface area (Å²) in [5.74, 6) is -2.72. The summed E-state index contributed by atoms with van der Waals surface area (Å²) < 4.78 is 33.2. The molecule has 1 heterocycles. The molecule has 1 aromatic heterocycles. The van der Waals surface area contributed by atoms with Gasteiger partial charge in [-0.05, 0) is 38.0 Å². The molecule has 0 saturated heterocycles. The van der Waals surface area contributed by atoms with Crippen molar-refractivity contribution in [3.05, 3.63) is 53.4 Å². The molecule has 0 radical (unpaired) electrons. The van der Waals surface area contributed by atoms with Crippen LogP contribution in [-0.2, 0) is 9.53 Å². The number of esters is 1. The molecule has 2 rings (SSSR count). The van der Waals surface area contributed by atoms with Gasteiger partial charge in [0.05, 0.1) is 18.4 Å². The van der Waals surface area contributed by atoms with Crippen LogP contribution in [0.3, 0.4) is 0 Å². The zero-order valence-corrected chi connectivity index (χ0v) is 13.5. The molecule has 0 saturated carbocycles. The minimum Gasteiger partial charge on any atom is -0.466 e. The van der Waals surface area contributed by atoms with Crippen molar-refractivity contribution in [1.82, 2.24) is 9.78 Å². The number of nitrogens with zero attached hydrogens (tertiary/aromatic N) is 2. The van der Waals surface area contributed by atoms with Crippen LogP contribution in [0.5, 0.6) is 0 Å². The maximum absolute atomic E-state index is 13.9. The lowest BCUT2D eigenvalue weighted by Crippen LogP contribution is -2.23. The number of ether oxygens (including phenoxy) is 1. The van der Waals surface area contributed by atoms with Gasteiger partial charge in [-0.25, -0.2) is 8.78 Å². The molecule has 0 N–H and O–H groups in total. The molecule has 0 aliphatic carbocycles. The third kappa shape index (κ3) is 4.24. The Labute approximate surface area is 138 Å². The molecule has 5 nitrogen and oxygen atoms in total. The zero-order valence-electron chi connectivity index (χ0n) is 13.5. The highest BCUT2D eigenvalue weighted by Crippen LogP contribution is 2.22. The second-order valence-electron chi connectivity index (χ2n) is 5.35. The van der Waals surface area contributed by atoms with E-state index in [-0.39, 0.29) is 25.0 Å². The van der Waals surface area contributed by atoms with Gasteiger partial charge in [0.2, 0.25) is 0 Å². The summed E-state index contributed by atoms with van der Waals surface area (Å²) in [5, 5.41) is 4.08. The molecule has 0 aliphatic rings. The van der Waals surface area contributed by atoms with Crippen molar-refractivity contribution < 1.29 is 23.1 Å². The fraction of sp³-hybridized carbons (Fsp3) is 0.353. The Balaban J connectivity index is 2.27. The molecular weight excluding hydrogens is 318 g/mol. The minimum atomic E-state index is -0.940. The Bertz CT molecular complexity index is 743. The quantitative estimate of drug-likeness (QED) is 0.575. The Morgan fingerprint density at radius 1 is 1.33 bits per heavy atom. The summed E-state index contributed by atoms with van der Waals surface area (Å²) >= 11 is 0.